The highest BCUT2D eigenvalue weighted by Crippen LogP contribution is 2.15. The Morgan fingerprint density at radius 3 is 2.53 bits per heavy atom. The zero-order valence-electron chi connectivity index (χ0n) is 11.2. The molecule has 0 aliphatic carbocycles. The van der Waals surface area contributed by atoms with Gasteiger partial charge in [-0.1, -0.05) is 24.3 Å². The van der Waals surface area contributed by atoms with Gasteiger partial charge in [0, 0.05) is 25.7 Å². The Labute approximate surface area is 112 Å². The molecule has 0 aliphatic heterocycles. The summed E-state index contributed by atoms with van der Waals surface area (Å²) in [4.78, 5) is 13.9. The molecule has 4 heteroatoms. The normalized spacial score (nSPS) is 10.5. The first-order chi connectivity index (χ1) is 9.13. The minimum atomic E-state index is -0.116. The highest BCUT2D eigenvalue weighted by Gasteiger charge is 2.18. The van der Waals surface area contributed by atoms with Crippen molar-refractivity contribution in [2.24, 2.45) is 5.73 Å². The van der Waals surface area contributed by atoms with Crippen LogP contribution in [0.1, 0.15) is 27.2 Å². The molecular weight excluding hydrogens is 240 g/mol. The van der Waals surface area contributed by atoms with Crippen LogP contribution in [0.25, 0.3) is 0 Å². The summed E-state index contributed by atoms with van der Waals surface area (Å²) in [5, 5.41) is 0. The van der Waals surface area contributed by atoms with E-state index < -0.39 is 0 Å². The number of benzene rings is 1. The highest BCUT2D eigenvalue weighted by atomic mass is 16.3. The fourth-order valence-electron chi connectivity index (χ4n) is 2.00. The molecule has 1 aromatic carbocycles. The molecule has 0 atom stereocenters. The van der Waals surface area contributed by atoms with Crippen LogP contribution in [0.15, 0.2) is 41.0 Å². The summed E-state index contributed by atoms with van der Waals surface area (Å²) < 4.78 is 5.23. The molecule has 2 aromatic rings. The summed E-state index contributed by atoms with van der Waals surface area (Å²) in [6, 6.07) is 9.65. The monoisotopic (exact) mass is 258 g/mol. The van der Waals surface area contributed by atoms with Crippen LogP contribution in [0.5, 0.6) is 0 Å². The molecular formula is C15H18N2O2. The van der Waals surface area contributed by atoms with E-state index in [0.29, 0.717) is 18.8 Å². The van der Waals surface area contributed by atoms with Gasteiger partial charge in [-0.25, -0.2) is 0 Å². The third-order valence-corrected chi connectivity index (χ3v) is 3.15. The van der Waals surface area contributed by atoms with Crippen LogP contribution in [0.2, 0.25) is 0 Å². The molecule has 0 saturated heterocycles. The summed E-state index contributed by atoms with van der Waals surface area (Å²) in [6.07, 6.45) is 1.53. The summed E-state index contributed by atoms with van der Waals surface area (Å²) >= 11 is 0. The van der Waals surface area contributed by atoms with E-state index in [4.69, 9.17) is 10.2 Å². The number of furan rings is 1. The third kappa shape index (κ3) is 2.85. The maximum Gasteiger partial charge on any atom is 0.289 e. The second kappa shape index (κ2) is 5.71. The van der Waals surface area contributed by atoms with Crippen molar-refractivity contribution < 1.29 is 9.21 Å². The maximum atomic E-state index is 12.2. The van der Waals surface area contributed by atoms with Gasteiger partial charge in [-0.05, 0) is 24.1 Å². The van der Waals surface area contributed by atoms with E-state index in [1.165, 1.54) is 6.26 Å². The van der Waals surface area contributed by atoms with Gasteiger partial charge in [0.15, 0.2) is 5.76 Å². The zero-order valence-corrected chi connectivity index (χ0v) is 11.2. The summed E-state index contributed by atoms with van der Waals surface area (Å²) in [7, 11) is 1.76. The lowest BCUT2D eigenvalue weighted by atomic mass is 10.1. The second-order valence-corrected chi connectivity index (χ2v) is 4.57. The number of carbonyl (C=O) groups is 1. The van der Waals surface area contributed by atoms with Crippen molar-refractivity contribution >= 4 is 5.91 Å². The molecule has 0 unspecified atom stereocenters. The molecule has 0 radical (unpaired) electrons. The van der Waals surface area contributed by atoms with Gasteiger partial charge in [0.1, 0.15) is 0 Å². The standard InChI is InChI=1S/C15H18N2O2/c1-11-7-8-19-14(11)15(18)17(2)10-13-6-4-3-5-12(13)9-16/h3-8H,9-10,16H2,1-2H3. The van der Waals surface area contributed by atoms with E-state index >= 15 is 0 Å². The molecule has 0 bridgehead atoms. The number of hydrogen-bond donors (Lipinski definition) is 1. The number of aryl methyl sites for hydroxylation is 1. The molecule has 1 heterocycles. The van der Waals surface area contributed by atoms with Crippen LogP contribution in [0.4, 0.5) is 0 Å². The van der Waals surface area contributed by atoms with Crippen LogP contribution >= 0.6 is 0 Å². The summed E-state index contributed by atoms with van der Waals surface area (Å²) in [5.41, 5.74) is 8.66. The number of hydrogen-bond acceptors (Lipinski definition) is 3. The van der Waals surface area contributed by atoms with Gasteiger partial charge in [-0.2, -0.15) is 0 Å². The number of rotatable bonds is 4. The van der Waals surface area contributed by atoms with Gasteiger partial charge in [0.25, 0.3) is 5.91 Å². The molecule has 2 rings (SSSR count). The zero-order chi connectivity index (χ0) is 13.8. The molecule has 1 aromatic heterocycles. The molecule has 4 nitrogen and oxygen atoms in total. The molecule has 2 N–H and O–H groups in total. The fraction of sp³-hybridized carbons (Fsp3) is 0.267. The molecule has 100 valence electrons. The van der Waals surface area contributed by atoms with Crippen LogP contribution < -0.4 is 5.73 Å². The SMILES string of the molecule is Cc1ccoc1C(=O)N(C)Cc1ccccc1CN. The maximum absolute atomic E-state index is 12.2. The van der Waals surface area contributed by atoms with Gasteiger partial charge < -0.3 is 15.1 Å². The average Bonchev–Trinajstić information content (AvgIpc) is 2.84. The minimum absolute atomic E-state index is 0.116. The highest BCUT2D eigenvalue weighted by molar-refractivity contribution is 5.92. The molecule has 0 saturated carbocycles. The Morgan fingerprint density at radius 1 is 1.26 bits per heavy atom. The first-order valence-corrected chi connectivity index (χ1v) is 6.20. The molecule has 0 spiro atoms. The van der Waals surface area contributed by atoms with E-state index in [1.807, 2.05) is 31.2 Å². The lowest BCUT2D eigenvalue weighted by molar-refractivity contribution is 0.0752. The Bertz CT molecular complexity index is 575. The van der Waals surface area contributed by atoms with Crippen LogP contribution in [0.3, 0.4) is 0 Å². The van der Waals surface area contributed by atoms with E-state index in [1.54, 1.807) is 18.0 Å². The van der Waals surface area contributed by atoms with Gasteiger partial charge in [-0.15, -0.1) is 0 Å². The summed E-state index contributed by atoms with van der Waals surface area (Å²) in [5.74, 6) is 0.280. The first kappa shape index (κ1) is 13.4. The number of amides is 1. The average molecular weight is 258 g/mol. The van der Waals surface area contributed by atoms with Crippen molar-refractivity contribution in [1.82, 2.24) is 4.90 Å². The third-order valence-electron chi connectivity index (χ3n) is 3.15. The minimum Gasteiger partial charge on any atom is -0.459 e. The number of carbonyl (C=O) groups excluding carboxylic acids is 1. The Hall–Kier alpha value is -2.07. The predicted molar refractivity (Wildman–Crippen MR) is 73.6 cm³/mol. The van der Waals surface area contributed by atoms with E-state index in [-0.39, 0.29) is 5.91 Å². The molecule has 0 aliphatic rings. The number of nitrogens with two attached hydrogens (primary N) is 1. The van der Waals surface area contributed by atoms with Crippen LogP contribution in [-0.2, 0) is 13.1 Å². The first-order valence-electron chi connectivity index (χ1n) is 6.20. The Morgan fingerprint density at radius 2 is 1.95 bits per heavy atom. The van der Waals surface area contributed by atoms with Crippen molar-refractivity contribution in [3.63, 3.8) is 0 Å². The fourth-order valence-corrected chi connectivity index (χ4v) is 2.00. The topological polar surface area (TPSA) is 59.5 Å². The van der Waals surface area contributed by atoms with Crippen LogP contribution in [-0.4, -0.2) is 17.9 Å². The molecule has 1 amide bonds. The van der Waals surface area contributed by atoms with E-state index in [2.05, 4.69) is 0 Å². The second-order valence-electron chi connectivity index (χ2n) is 4.57. The predicted octanol–water partition coefficient (Wildman–Crippen LogP) is 2.32. The quantitative estimate of drug-likeness (QED) is 0.915. The Kier molecular flexibility index (Phi) is 4.02. The molecule has 19 heavy (non-hydrogen) atoms. The van der Waals surface area contributed by atoms with Crippen molar-refractivity contribution in [3.8, 4) is 0 Å². The Balaban J connectivity index is 2.15. The van der Waals surface area contributed by atoms with Gasteiger partial charge >= 0.3 is 0 Å². The largest absolute Gasteiger partial charge is 0.459 e. The number of nitrogens with zero attached hydrogens (tertiary/aromatic N) is 1. The van der Waals surface area contributed by atoms with Gasteiger partial charge in [0.2, 0.25) is 0 Å². The van der Waals surface area contributed by atoms with Crippen LogP contribution in [0, 0.1) is 6.92 Å². The van der Waals surface area contributed by atoms with Gasteiger partial charge in [0.05, 0.1) is 6.26 Å². The van der Waals surface area contributed by atoms with Crippen molar-refractivity contribution in [3.05, 3.63) is 59.0 Å². The van der Waals surface area contributed by atoms with Crippen molar-refractivity contribution in [1.29, 1.82) is 0 Å². The molecule has 0 fully saturated rings. The van der Waals surface area contributed by atoms with E-state index in [0.717, 1.165) is 16.7 Å². The van der Waals surface area contributed by atoms with Gasteiger partial charge in [-0.3, -0.25) is 4.79 Å². The van der Waals surface area contributed by atoms with Crippen molar-refractivity contribution in [2.45, 2.75) is 20.0 Å². The van der Waals surface area contributed by atoms with E-state index in [9.17, 15) is 4.79 Å². The summed E-state index contributed by atoms with van der Waals surface area (Å²) in [6.45, 7) is 2.85. The smallest absolute Gasteiger partial charge is 0.289 e. The lowest BCUT2D eigenvalue weighted by Crippen LogP contribution is -2.27. The lowest BCUT2D eigenvalue weighted by Gasteiger charge is -2.18. The van der Waals surface area contributed by atoms with Crippen molar-refractivity contribution in [2.75, 3.05) is 7.05 Å².